The summed E-state index contributed by atoms with van der Waals surface area (Å²) in [6.45, 7) is 0.455. The van der Waals surface area contributed by atoms with Crippen LogP contribution in [0.2, 0.25) is 5.02 Å². The first-order valence-electron chi connectivity index (χ1n) is 7.93. The summed E-state index contributed by atoms with van der Waals surface area (Å²) in [5, 5.41) is 18.5. The standard InChI is InChI=1S/C18H18ClFN4O2/c1-21-9-18(25,10-24-12-22-11-23-24)16-7-6-15(8-17(16)19)26-14-4-2-13(20)3-5-14/h2-8,11-12,21,25H,9-10H2,1H3. The third-order valence-corrected chi connectivity index (χ3v) is 4.16. The van der Waals surface area contributed by atoms with Crippen LogP contribution in [0.5, 0.6) is 11.5 Å². The highest BCUT2D eigenvalue weighted by Gasteiger charge is 2.32. The van der Waals surface area contributed by atoms with Crippen molar-refractivity contribution in [1.29, 1.82) is 0 Å². The van der Waals surface area contributed by atoms with Crippen LogP contribution in [0.25, 0.3) is 0 Å². The van der Waals surface area contributed by atoms with E-state index in [0.29, 0.717) is 22.1 Å². The zero-order chi connectivity index (χ0) is 18.6. The van der Waals surface area contributed by atoms with Crippen molar-refractivity contribution >= 4 is 11.6 Å². The van der Waals surface area contributed by atoms with Crippen LogP contribution in [-0.2, 0) is 12.1 Å². The molecule has 0 aliphatic rings. The molecular weight excluding hydrogens is 359 g/mol. The molecule has 0 amide bonds. The Hall–Kier alpha value is -2.48. The van der Waals surface area contributed by atoms with Crippen LogP contribution in [0.4, 0.5) is 4.39 Å². The van der Waals surface area contributed by atoms with Gasteiger partial charge in [0.05, 0.1) is 11.6 Å². The van der Waals surface area contributed by atoms with Crippen molar-refractivity contribution in [3.63, 3.8) is 0 Å². The highest BCUT2D eigenvalue weighted by atomic mass is 35.5. The number of ether oxygens (including phenoxy) is 1. The molecule has 1 unspecified atom stereocenters. The number of halogens is 2. The second-order valence-corrected chi connectivity index (χ2v) is 6.26. The van der Waals surface area contributed by atoms with Gasteiger partial charge in [-0.05, 0) is 43.4 Å². The van der Waals surface area contributed by atoms with E-state index in [0.717, 1.165) is 0 Å². The van der Waals surface area contributed by atoms with Crippen LogP contribution >= 0.6 is 11.6 Å². The average molecular weight is 377 g/mol. The molecular formula is C18H18ClFN4O2. The lowest BCUT2D eigenvalue weighted by atomic mass is 9.93. The molecule has 3 rings (SSSR count). The average Bonchev–Trinajstić information content (AvgIpc) is 3.10. The summed E-state index contributed by atoms with van der Waals surface area (Å²) in [6, 6.07) is 10.7. The van der Waals surface area contributed by atoms with Gasteiger partial charge < -0.3 is 15.2 Å². The summed E-state index contributed by atoms with van der Waals surface area (Å²) in [4.78, 5) is 3.89. The second kappa shape index (κ2) is 7.82. The van der Waals surface area contributed by atoms with Crippen LogP contribution in [0, 0.1) is 5.82 Å². The molecule has 136 valence electrons. The van der Waals surface area contributed by atoms with Gasteiger partial charge >= 0.3 is 0 Å². The van der Waals surface area contributed by atoms with Gasteiger partial charge in [0.15, 0.2) is 0 Å². The number of hydrogen-bond donors (Lipinski definition) is 2. The molecule has 0 fully saturated rings. The van der Waals surface area contributed by atoms with E-state index in [4.69, 9.17) is 16.3 Å². The predicted octanol–water partition coefficient (Wildman–Crippen LogP) is 2.97. The lowest BCUT2D eigenvalue weighted by molar-refractivity contribution is 0.0172. The number of likely N-dealkylation sites (N-methyl/N-ethyl adjacent to an activating group) is 1. The normalized spacial score (nSPS) is 13.4. The highest BCUT2D eigenvalue weighted by Crippen LogP contribution is 2.33. The van der Waals surface area contributed by atoms with E-state index in [1.165, 1.54) is 41.6 Å². The first-order chi connectivity index (χ1) is 12.5. The molecule has 0 saturated carbocycles. The summed E-state index contributed by atoms with van der Waals surface area (Å²) in [5.74, 6) is 0.636. The van der Waals surface area contributed by atoms with Crippen molar-refractivity contribution in [3.8, 4) is 11.5 Å². The molecule has 1 heterocycles. The highest BCUT2D eigenvalue weighted by molar-refractivity contribution is 6.31. The second-order valence-electron chi connectivity index (χ2n) is 5.85. The number of aliphatic hydroxyl groups is 1. The molecule has 0 aliphatic carbocycles. The van der Waals surface area contributed by atoms with E-state index in [-0.39, 0.29) is 18.9 Å². The van der Waals surface area contributed by atoms with Crippen molar-refractivity contribution in [2.45, 2.75) is 12.1 Å². The van der Waals surface area contributed by atoms with Gasteiger partial charge in [0.2, 0.25) is 0 Å². The Morgan fingerprint density at radius 1 is 1.23 bits per heavy atom. The fourth-order valence-electron chi connectivity index (χ4n) is 2.69. The minimum Gasteiger partial charge on any atom is -0.457 e. The lowest BCUT2D eigenvalue weighted by Gasteiger charge is -2.29. The molecule has 0 radical (unpaired) electrons. The molecule has 0 spiro atoms. The molecule has 2 aromatic carbocycles. The number of aromatic nitrogens is 3. The summed E-state index contributed by atoms with van der Waals surface area (Å²) >= 11 is 6.41. The van der Waals surface area contributed by atoms with Crippen LogP contribution < -0.4 is 10.1 Å². The fraction of sp³-hybridized carbons (Fsp3) is 0.222. The smallest absolute Gasteiger partial charge is 0.137 e. The van der Waals surface area contributed by atoms with E-state index in [9.17, 15) is 9.50 Å². The summed E-state index contributed by atoms with van der Waals surface area (Å²) in [6.07, 6.45) is 2.93. The van der Waals surface area contributed by atoms with E-state index >= 15 is 0 Å². The maximum atomic E-state index is 13.0. The molecule has 0 saturated heterocycles. The van der Waals surface area contributed by atoms with Gasteiger partial charge in [0.1, 0.15) is 35.6 Å². The Kier molecular flexibility index (Phi) is 5.51. The monoisotopic (exact) mass is 376 g/mol. The SMILES string of the molecule is CNCC(O)(Cn1cncn1)c1ccc(Oc2ccc(F)cc2)cc1Cl. The third-order valence-electron chi connectivity index (χ3n) is 3.85. The zero-order valence-electron chi connectivity index (χ0n) is 14.1. The van der Waals surface area contributed by atoms with Crippen molar-refractivity contribution < 1.29 is 14.2 Å². The first-order valence-corrected chi connectivity index (χ1v) is 8.31. The van der Waals surface area contributed by atoms with Crippen molar-refractivity contribution in [1.82, 2.24) is 20.1 Å². The summed E-state index contributed by atoms with van der Waals surface area (Å²) < 4.78 is 20.2. The van der Waals surface area contributed by atoms with Crippen LogP contribution in [0.3, 0.4) is 0 Å². The minimum atomic E-state index is -1.28. The Labute approximate surface area is 155 Å². The van der Waals surface area contributed by atoms with Crippen LogP contribution in [0.1, 0.15) is 5.56 Å². The third kappa shape index (κ3) is 4.19. The molecule has 2 N–H and O–H groups in total. The topological polar surface area (TPSA) is 72.2 Å². The van der Waals surface area contributed by atoms with E-state index in [1.807, 2.05) is 0 Å². The van der Waals surface area contributed by atoms with Gasteiger partial charge in [-0.1, -0.05) is 17.7 Å². The molecule has 3 aromatic rings. The van der Waals surface area contributed by atoms with Gasteiger partial charge in [-0.3, -0.25) is 0 Å². The van der Waals surface area contributed by atoms with Crippen LogP contribution in [-0.4, -0.2) is 33.5 Å². The fourth-order valence-corrected chi connectivity index (χ4v) is 3.03. The largest absolute Gasteiger partial charge is 0.457 e. The molecule has 0 aliphatic heterocycles. The van der Waals surface area contributed by atoms with E-state index in [2.05, 4.69) is 15.4 Å². The molecule has 1 aromatic heterocycles. The molecule has 1 atom stereocenters. The quantitative estimate of drug-likeness (QED) is 0.663. The number of rotatable bonds is 7. The summed E-state index contributed by atoms with van der Waals surface area (Å²) in [7, 11) is 1.74. The predicted molar refractivity (Wildman–Crippen MR) is 95.8 cm³/mol. The Morgan fingerprint density at radius 3 is 2.58 bits per heavy atom. The van der Waals surface area contributed by atoms with Gasteiger partial charge in [0.25, 0.3) is 0 Å². The lowest BCUT2D eigenvalue weighted by Crippen LogP contribution is -2.41. The number of nitrogens with one attached hydrogen (secondary N) is 1. The van der Waals surface area contributed by atoms with Crippen molar-refractivity contribution in [2.24, 2.45) is 0 Å². The molecule has 8 heteroatoms. The minimum absolute atomic E-state index is 0.186. The van der Waals surface area contributed by atoms with E-state index in [1.54, 1.807) is 25.2 Å². The molecule has 6 nitrogen and oxygen atoms in total. The van der Waals surface area contributed by atoms with Gasteiger partial charge in [-0.15, -0.1) is 0 Å². The molecule has 0 bridgehead atoms. The summed E-state index contributed by atoms with van der Waals surface area (Å²) in [5.41, 5.74) is -0.746. The maximum Gasteiger partial charge on any atom is 0.137 e. The number of hydrogen-bond acceptors (Lipinski definition) is 5. The van der Waals surface area contributed by atoms with Gasteiger partial charge in [-0.2, -0.15) is 5.10 Å². The Morgan fingerprint density at radius 2 is 1.96 bits per heavy atom. The number of benzene rings is 2. The van der Waals surface area contributed by atoms with Gasteiger partial charge in [0, 0.05) is 12.1 Å². The Balaban J connectivity index is 1.85. The van der Waals surface area contributed by atoms with Crippen molar-refractivity contribution in [3.05, 3.63) is 71.5 Å². The maximum absolute atomic E-state index is 13.0. The van der Waals surface area contributed by atoms with Crippen molar-refractivity contribution in [2.75, 3.05) is 13.6 Å². The number of nitrogens with zero attached hydrogens (tertiary/aromatic N) is 3. The van der Waals surface area contributed by atoms with Gasteiger partial charge in [-0.25, -0.2) is 14.1 Å². The van der Waals surface area contributed by atoms with Crippen LogP contribution in [0.15, 0.2) is 55.1 Å². The first kappa shape index (κ1) is 18.3. The Bertz CT molecular complexity index is 858. The zero-order valence-corrected chi connectivity index (χ0v) is 14.8. The van der Waals surface area contributed by atoms with E-state index < -0.39 is 5.60 Å². The molecule has 26 heavy (non-hydrogen) atoms.